The Morgan fingerprint density at radius 1 is 0.531 bits per heavy atom. The van der Waals surface area contributed by atoms with E-state index in [0.717, 1.165) is 25.0 Å². The summed E-state index contributed by atoms with van der Waals surface area (Å²) < 4.78 is 95.7. The van der Waals surface area contributed by atoms with Crippen LogP contribution < -0.4 is 0 Å². The van der Waals surface area contributed by atoms with E-state index in [1.165, 1.54) is 18.2 Å². The zero-order valence-electron chi connectivity index (χ0n) is 34.2. The van der Waals surface area contributed by atoms with Crippen LogP contribution in [-0.4, -0.2) is 41.7 Å². The molecule has 0 radical (unpaired) electrons. The van der Waals surface area contributed by atoms with E-state index < -0.39 is 27.7 Å². The van der Waals surface area contributed by atoms with Crippen molar-refractivity contribution in [1.29, 1.82) is 0 Å². The first kappa shape index (κ1) is 41.9. The molecule has 0 fully saturated rings. The van der Waals surface area contributed by atoms with Crippen LogP contribution in [-0.2, 0) is 5.54 Å². The molecular weight excluding hydrogens is 815 g/mol. The topological polar surface area (TPSA) is 25.5 Å². The average Bonchev–Trinajstić information content (AvgIpc) is 4.16. The lowest BCUT2D eigenvalue weighted by molar-refractivity contribution is 0.324. The molecule has 0 N–H and O–H groups in total. The second kappa shape index (κ2) is 18.1. The van der Waals surface area contributed by atoms with Crippen LogP contribution in [0.3, 0.4) is 0 Å². The molecule has 312 valence electrons. The summed E-state index contributed by atoms with van der Waals surface area (Å²) >= 11 is 0. The summed E-state index contributed by atoms with van der Waals surface area (Å²) in [6.07, 6.45) is 10.1. The van der Waals surface area contributed by atoms with E-state index in [0.29, 0.717) is 39.9 Å². The smallest absolute Gasteiger partial charge is 0.339 e. The summed E-state index contributed by atoms with van der Waals surface area (Å²) in [7, 11) is -9.15. The van der Waals surface area contributed by atoms with Crippen molar-refractivity contribution in [3.8, 4) is 22.5 Å². The molecule has 2 aromatic heterocycles. The third kappa shape index (κ3) is 7.82. The summed E-state index contributed by atoms with van der Waals surface area (Å²) in [6, 6.07) is 51.0. The number of rotatable bonds is 13. The van der Waals surface area contributed by atoms with Gasteiger partial charge in [-0.05, 0) is 64.2 Å². The zero-order chi connectivity index (χ0) is 44.2. The van der Waals surface area contributed by atoms with Crippen LogP contribution in [0, 0.1) is 0 Å². The van der Waals surface area contributed by atoms with E-state index in [2.05, 4.69) is 0 Å². The van der Waals surface area contributed by atoms with Gasteiger partial charge in [-0.2, -0.15) is 0 Å². The van der Waals surface area contributed by atoms with Gasteiger partial charge in [-0.15, -0.1) is 0 Å². The Labute approximate surface area is 368 Å². The van der Waals surface area contributed by atoms with Crippen molar-refractivity contribution in [3.05, 3.63) is 252 Å². The standard InChI is InChI=1S/C51H37B3F6N4/c55-52(56)62-46(38-19-8-2-9-20-38)31-33-48(62)42(45-30-29-44(61-45)37-17-6-1-7-18-37)27-16-28-43(49-34-32-47(63(49)53(57)58)39-21-10-3-11-22-39)50-35-36-51(64(50)54(59)60,40-23-12-4-13-24-40)41-25-14-5-15-26-41/h1-28,30-36H,29H2/b28-16?,42-27-,50-43?. The molecule has 0 saturated heterocycles. The van der Waals surface area contributed by atoms with Crippen molar-refractivity contribution in [3.63, 3.8) is 0 Å². The maximum absolute atomic E-state index is 16.1. The van der Waals surface area contributed by atoms with Crippen molar-refractivity contribution in [2.24, 2.45) is 4.99 Å². The molecule has 4 heterocycles. The molecule has 64 heavy (non-hydrogen) atoms. The molecule has 4 nitrogen and oxygen atoms in total. The zero-order valence-corrected chi connectivity index (χ0v) is 34.2. The number of nitrogens with zero attached hydrogens (tertiary/aromatic N) is 4. The average molecular weight is 852 g/mol. The quantitative estimate of drug-likeness (QED) is 0.0645. The third-order valence-corrected chi connectivity index (χ3v) is 11.6. The Balaban J connectivity index is 1.28. The Hall–Kier alpha value is -7.40. The lowest BCUT2D eigenvalue weighted by atomic mass is 9.79. The predicted molar refractivity (Wildman–Crippen MR) is 249 cm³/mol. The first-order chi connectivity index (χ1) is 31.3. The lowest BCUT2D eigenvalue weighted by Gasteiger charge is -2.40. The van der Waals surface area contributed by atoms with Gasteiger partial charge in [0, 0.05) is 46.0 Å². The van der Waals surface area contributed by atoms with Crippen LogP contribution in [0.15, 0.2) is 229 Å². The summed E-state index contributed by atoms with van der Waals surface area (Å²) in [4.78, 5) is 5.89. The maximum Gasteiger partial charge on any atom is 0.678 e. The second-order valence-electron chi connectivity index (χ2n) is 15.2. The summed E-state index contributed by atoms with van der Waals surface area (Å²) in [5.41, 5.74) is 3.54. The number of hydrogen-bond acceptors (Lipinski definition) is 2. The molecule has 2 aliphatic rings. The molecule has 13 heteroatoms. The third-order valence-electron chi connectivity index (χ3n) is 11.6. The highest BCUT2D eigenvalue weighted by molar-refractivity contribution is 6.43. The van der Waals surface area contributed by atoms with Gasteiger partial charge in [-0.25, -0.2) is 0 Å². The van der Waals surface area contributed by atoms with E-state index in [-0.39, 0.29) is 34.0 Å². The van der Waals surface area contributed by atoms with Gasteiger partial charge in [-0.1, -0.05) is 176 Å². The molecule has 0 aliphatic carbocycles. The minimum atomic E-state index is -3.12. The van der Waals surface area contributed by atoms with Gasteiger partial charge >= 0.3 is 22.2 Å². The van der Waals surface area contributed by atoms with E-state index in [1.54, 1.807) is 158 Å². The van der Waals surface area contributed by atoms with Gasteiger partial charge in [0.05, 0.1) is 11.4 Å². The number of allylic oxidation sites excluding steroid dienone is 7. The number of benzene rings is 5. The molecule has 9 rings (SSSR count). The molecular formula is C51H37B3F6N4. The van der Waals surface area contributed by atoms with Crippen LogP contribution in [0.1, 0.15) is 34.5 Å². The number of aliphatic imine (C=N–C) groups is 1. The highest BCUT2D eigenvalue weighted by atomic mass is 19.2. The number of hydrogen-bond donors (Lipinski definition) is 0. The molecule has 0 unspecified atom stereocenters. The first-order valence-corrected chi connectivity index (χ1v) is 20.7. The summed E-state index contributed by atoms with van der Waals surface area (Å²) in [5.74, 6) is 0. The van der Waals surface area contributed by atoms with Crippen molar-refractivity contribution >= 4 is 39.1 Å². The fourth-order valence-electron chi connectivity index (χ4n) is 8.75. The second-order valence-corrected chi connectivity index (χ2v) is 15.2. The van der Waals surface area contributed by atoms with Crippen molar-refractivity contribution in [2.45, 2.75) is 12.0 Å². The van der Waals surface area contributed by atoms with Crippen molar-refractivity contribution < 1.29 is 25.9 Å². The largest absolute Gasteiger partial charge is 0.678 e. The highest BCUT2D eigenvalue weighted by Crippen LogP contribution is 2.48. The molecule has 0 atom stereocenters. The van der Waals surface area contributed by atoms with Crippen LogP contribution >= 0.6 is 0 Å². The molecule has 2 aliphatic heterocycles. The molecule has 0 spiro atoms. The van der Waals surface area contributed by atoms with E-state index >= 15 is 25.9 Å². The number of aromatic nitrogens is 2. The molecule has 0 bridgehead atoms. The summed E-state index contributed by atoms with van der Waals surface area (Å²) in [6.45, 7) is 0. The first-order valence-electron chi connectivity index (χ1n) is 20.7. The lowest BCUT2D eigenvalue weighted by Crippen LogP contribution is -2.47. The SMILES string of the molecule is FB(F)N1C(=C(C=C/C=C(/C2=CCC(c3ccccc3)=N2)c2ccc(-c3ccccc3)n2B(F)F)c2ccc(-c3ccccc3)n2B(F)F)C=CC1(c1ccccc1)c1ccccc1. The Bertz CT molecular complexity index is 2900. The van der Waals surface area contributed by atoms with Gasteiger partial charge in [0.2, 0.25) is 0 Å². The van der Waals surface area contributed by atoms with E-state index in [4.69, 9.17) is 4.99 Å². The molecule has 0 saturated carbocycles. The normalized spacial score (nSPS) is 15.4. The molecule has 7 aromatic rings. The fourth-order valence-corrected chi connectivity index (χ4v) is 8.75. The van der Waals surface area contributed by atoms with Gasteiger partial charge < -0.3 is 13.8 Å². The summed E-state index contributed by atoms with van der Waals surface area (Å²) in [5, 5.41) is 0. The maximum atomic E-state index is 16.1. The van der Waals surface area contributed by atoms with Gasteiger partial charge in [-0.3, -0.25) is 30.9 Å². The van der Waals surface area contributed by atoms with Crippen LogP contribution in [0.4, 0.5) is 25.9 Å². The van der Waals surface area contributed by atoms with Crippen LogP contribution in [0.25, 0.3) is 33.7 Å². The number of halogens is 6. The van der Waals surface area contributed by atoms with Gasteiger partial charge in [0.15, 0.2) is 0 Å². The van der Waals surface area contributed by atoms with Crippen molar-refractivity contribution in [2.75, 3.05) is 0 Å². The van der Waals surface area contributed by atoms with Crippen LogP contribution in [0.5, 0.6) is 0 Å². The Morgan fingerprint density at radius 3 is 1.50 bits per heavy atom. The van der Waals surface area contributed by atoms with E-state index in [9.17, 15) is 0 Å². The Morgan fingerprint density at radius 2 is 1.00 bits per heavy atom. The Kier molecular flexibility index (Phi) is 11.9. The molecule has 5 aromatic carbocycles. The van der Waals surface area contributed by atoms with Crippen molar-refractivity contribution in [1.82, 2.24) is 13.8 Å². The monoisotopic (exact) mass is 852 g/mol. The minimum Gasteiger partial charge on any atom is -0.339 e. The van der Waals surface area contributed by atoms with Gasteiger partial charge in [0.25, 0.3) is 0 Å². The van der Waals surface area contributed by atoms with Gasteiger partial charge in [0.1, 0.15) is 5.54 Å². The van der Waals surface area contributed by atoms with Crippen LogP contribution in [0.2, 0.25) is 0 Å². The highest BCUT2D eigenvalue weighted by Gasteiger charge is 2.50. The molecule has 0 amide bonds. The minimum absolute atomic E-state index is 0.0275. The predicted octanol–water partition coefficient (Wildman–Crippen LogP) is 13.0. The van der Waals surface area contributed by atoms with E-state index in [1.807, 2.05) is 36.4 Å². The fraction of sp³-hybridized carbons (Fsp3) is 0.0392.